The number of carbonyl (C=O) groups is 1. The summed E-state index contributed by atoms with van der Waals surface area (Å²) in [5.41, 5.74) is 0.513. The fourth-order valence-corrected chi connectivity index (χ4v) is 1.79. The topological polar surface area (TPSA) is 32.3 Å². The molecule has 0 bridgehead atoms. The summed E-state index contributed by atoms with van der Waals surface area (Å²) >= 11 is 0. The quantitative estimate of drug-likeness (QED) is 0.824. The van der Waals surface area contributed by atoms with Gasteiger partial charge in [0.25, 0.3) is 0 Å². The Labute approximate surface area is 92.1 Å². The fraction of sp³-hybridized carbons (Fsp3) is 0.364. The van der Waals surface area contributed by atoms with Crippen LogP contribution in [0.3, 0.4) is 0 Å². The monoisotopic (exact) mass is 226 g/mol. The molecule has 1 aromatic carbocycles. The Balaban J connectivity index is 1.98. The predicted octanol–water partition coefficient (Wildman–Crippen LogP) is 1.29. The normalized spacial score (nSPS) is 15.8. The van der Waals surface area contributed by atoms with Gasteiger partial charge in [-0.05, 0) is 12.1 Å². The van der Waals surface area contributed by atoms with Gasteiger partial charge in [-0.2, -0.15) is 0 Å². The first-order valence-electron chi connectivity index (χ1n) is 5.03. The molecule has 0 saturated carbocycles. The molecular weight excluding hydrogens is 214 g/mol. The first-order valence-corrected chi connectivity index (χ1v) is 5.03. The molecule has 0 aromatic heterocycles. The third-order valence-electron chi connectivity index (χ3n) is 2.50. The molecule has 16 heavy (non-hydrogen) atoms. The lowest BCUT2D eigenvalue weighted by Gasteiger charge is -2.41. The number of rotatable bonds is 2. The summed E-state index contributed by atoms with van der Waals surface area (Å²) in [6, 6.07) is 3.48. The summed E-state index contributed by atoms with van der Waals surface area (Å²) in [5, 5.41) is 2.74. The van der Waals surface area contributed by atoms with E-state index in [0.29, 0.717) is 18.8 Å². The van der Waals surface area contributed by atoms with Crippen molar-refractivity contribution in [1.82, 2.24) is 5.32 Å². The van der Waals surface area contributed by atoms with E-state index in [1.165, 1.54) is 19.1 Å². The number of hydrogen-bond acceptors (Lipinski definition) is 2. The van der Waals surface area contributed by atoms with E-state index in [1.54, 1.807) is 0 Å². The Bertz CT molecular complexity index is 396. The van der Waals surface area contributed by atoms with E-state index in [0.717, 1.165) is 6.07 Å². The Morgan fingerprint density at radius 1 is 1.31 bits per heavy atom. The van der Waals surface area contributed by atoms with Gasteiger partial charge < -0.3 is 10.2 Å². The number of carbonyl (C=O) groups excluding carboxylic acids is 1. The van der Waals surface area contributed by atoms with Crippen LogP contribution in [0.1, 0.15) is 6.92 Å². The zero-order valence-electron chi connectivity index (χ0n) is 8.84. The lowest BCUT2D eigenvalue weighted by Crippen LogP contribution is -2.59. The molecule has 1 saturated heterocycles. The summed E-state index contributed by atoms with van der Waals surface area (Å²) in [6.07, 6.45) is 0. The van der Waals surface area contributed by atoms with Crippen molar-refractivity contribution in [2.24, 2.45) is 0 Å². The van der Waals surface area contributed by atoms with Gasteiger partial charge in [-0.3, -0.25) is 4.79 Å². The maximum Gasteiger partial charge on any atom is 0.217 e. The van der Waals surface area contributed by atoms with Crippen LogP contribution >= 0.6 is 0 Å². The summed E-state index contributed by atoms with van der Waals surface area (Å²) in [6.45, 7) is 2.62. The number of anilines is 1. The fourth-order valence-electron chi connectivity index (χ4n) is 1.79. The molecule has 86 valence electrons. The minimum atomic E-state index is -0.585. The zero-order chi connectivity index (χ0) is 11.7. The summed E-state index contributed by atoms with van der Waals surface area (Å²) in [4.78, 5) is 12.6. The first kappa shape index (κ1) is 10.9. The van der Waals surface area contributed by atoms with Gasteiger partial charge in [0.15, 0.2) is 0 Å². The number of nitrogens with zero attached hydrogens (tertiary/aromatic N) is 1. The lowest BCUT2D eigenvalue weighted by molar-refractivity contribution is -0.119. The van der Waals surface area contributed by atoms with Crippen LogP contribution in [0.15, 0.2) is 18.2 Å². The summed E-state index contributed by atoms with van der Waals surface area (Å²) in [5.74, 6) is -1.26. The van der Waals surface area contributed by atoms with E-state index in [2.05, 4.69) is 5.32 Å². The van der Waals surface area contributed by atoms with Crippen LogP contribution in [-0.4, -0.2) is 25.0 Å². The number of halogens is 2. The minimum Gasteiger partial charge on any atom is -0.367 e. The molecular formula is C11H12F2N2O. The van der Waals surface area contributed by atoms with E-state index >= 15 is 0 Å². The maximum atomic E-state index is 12.9. The van der Waals surface area contributed by atoms with Gasteiger partial charge in [0.2, 0.25) is 5.91 Å². The third kappa shape index (κ3) is 2.29. The second-order valence-corrected chi connectivity index (χ2v) is 3.93. The van der Waals surface area contributed by atoms with Gasteiger partial charge in [-0.1, -0.05) is 0 Å². The van der Waals surface area contributed by atoms with E-state index in [9.17, 15) is 13.6 Å². The molecule has 1 N–H and O–H groups in total. The summed E-state index contributed by atoms with van der Waals surface area (Å²) in [7, 11) is 0. The highest BCUT2D eigenvalue weighted by Crippen LogP contribution is 2.22. The highest BCUT2D eigenvalue weighted by molar-refractivity contribution is 5.73. The summed E-state index contributed by atoms with van der Waals surface area (Å²) < 4.78 is 25.8. The van der Waals surface area contributed by atoms with Crippen molar-refractivity contribution in [3.8, 4) is 0 Å². The Hall–Kier alpha value is -1.65. The van der Waals surface area contributed by atoms with Crippen molar-refractivity contribution < 1.29 is 13.6 Å². The molecule has 3 nitrogen and oxygen atoms in total. The highest BCUT2D eigenvalue weighted by atomic mass is 19.1. The third-order valence-corrected chi connectivity index (χ3v) is 2.50. The average molecular weight is 226 g/mol. The molecule has 1 aliphatic heterocycles. The van der Waals surface area contributed by atoms with Crippen molar-refractivity contribution in [3.05, 3.63) is 29.8 Å². The predicted molar refractivity (Wildman–Crippen MR) is 56.2 cm³/mol. The van der Waals surface area contributed by atoms with Crippen molar-refractivity contribution in [2.75, 3.05) is 18.0 Å². The zero-order valence-corrected chi connectivity index (χ0v) is 8.84. The van der Waals surface area contributed by atoms with Crippen molar-refractivity contribution in [1.29, 1.82) is 0 Å². The Kier molecular flexibility index (Phi) is 2.77. The van der Waals surface area contributed by atoms with Gasteiger partial charge >= 0.3 is 0 Å². The molecule has 5 heteroatoms. The Morgan fingerprint density at radius 2 is 1.88 bits per heavy atom. The molecule has 1 amide bonds. The molecule has 0 unspecified atom stereocenters. The van der Waals surface area contributed by atoms with Crippen LogP contribution in [0.5, 0.6) is 0 Å². The molecule has 1 aliphatic rings. The standard InChI is InChI=1S/C11H12F2N2O/c1-7(16)14-10-5-15(6-10)11-3-8(12)2-9(13)4-11/h2-4,10H,5-6H2,1H3,(H,14,16). The number of hydrogen-bond donors (Lipinski definition) is 1. The average Bonchev–Trinajstić information content (AvgIpc) is 2.08. The van der Waals surface area contributed by atoms with Gasteiger partial charge in [-0.15, -0.1) is 0 Å². The highest BCUT2D eigenvalue weighted by Gasteiger charge is 2.27. The maximum absolute atomic E-state index is 12.9. The van der Waals surface area contributed by atoms with E-state index in [4.69, 9.17) is 0 Å². The first-order chi connectivity index (χ1) is 7.54. The molecule has 1 aromatic rings. The number of benzene rings is 1. The largest absolute Gasteiger partial charge is 0.367 e. The second-order valence-electron chi connectivity index (χ2n) is 3.93. The molecule has 0 aliphatic carbocycles. The molecule has 2 rings (SSSR count). The van der Waals surface area contributed by atoms with E-state index < -0.39 is 11.6 Å². The van der Waals surface area contributed by atoms with Crippen LogP contribution in [-0.2, 0) is 4.79 Å². The SMILES string of the molecule is CC(=O)NC1CN(c2cc(F)cc(F)c2)C1. The van der Waals surface area contributed by atoms with Crippen molar-refractivity contribution in [3.63, 3.8) is 0 Å². The van der Waals surface area contributed by atoms with Gasteiger partial charge in [0.05, 0.1) is 6.04 Å². The molecule has 1 heterocycles. The second kappa shape index (κ2) is 4.08. The van der Waals surface area contributed by atoms with Crippen LogP contribution in [0.4, 0.5) is 14.5 Å². The van der Waals surface area contributed by atoms with Crippen LogP contribution in [0, 0.1) is 11.6 Å². The van der Waals surface area contributed by atoms with Crippen LogP contribution < -0.4 is 10.2 Å². The van der Waals surface area contributed by atoms with E-state index in [-0.39, 0.29) is 11.9 Å². The van der Waals surface area contributed by atoms with Crippen molar-refractivity contribution >= 4 is 11.6 Å². The number of amides is 1. The molecule has 0 spiro atoms. The number of nitrogens with one attached hydrogen (secondary N) is 1. The van der Waals surface area contributed by atoms with Gasteiger partial charge in [0.1, 0.15) is 11.6 Å². The minimum absolute atomic E-state index is 0.0730. The Morgan fingerprint density at radius 3 is 2.38 bits per heavy atom. The molecule has 0 radical (unpaired) electrons. The van der Waals surface area contributed by atoms with Crippen molar-refractivity contribution in [2.45, 2.75) is 13.0 Å². The molecule has 1 fully saturated rings. The van der Waals surface area contributed by atoms with E-state index in [1.807, 2.05) is 4.90 Å². The molecule has 0 atom stereocenters. The van der Waals surface area contributed by atoms with Gasteiger partial charge in [0, 0.05) is 31.8 Å². The van der Waals surface area contributed by atoms with Crippen LogP contribution in [0.25, 0.3) is 0 Å². The van der Waals surface area contributed by atoms with Gasteiger partial charge in [-0.25, -0.2) is 8.78 Å². The smallest absolute Gasteiger partial charge is 0.217 e. The van der Waals surface area contributed by atoms with Crippen LogP contribution in [0.2, 0.25) is 0 Å². The lowest BCUT2D eigenvalue weighted by atomic mass is 10.1.